The smallest absolute Gasteiger partial charge is 0.255 e. The summed E-state index contributed by atoms with van der Waals surface area (Å²) in [6, 6.07) is 4.54. The standard InChI is InChI=1S/C22H23ClFN3O3S.ClH/c23-17-6-5-15(11-18(17)24)26-21-20-14-3-1-13(2-4-14)19(20)16(12-25-21)22(28)27-7-9-31(29,30)10-8-27;/h5-6,11-14H,1-4,7-10H2,(H,25,26);1H. The Hall–Kier alpha value is -1.90. The van der Waals surface area contributed by atoms with Crippen molar-refractivity contribution in [3.05, 3.63) is 51.9 Å². The molecule has 0 radical (unpaired) electrons. The highest BCUT2D eigenvalue weighted by atomic mass is 35.5. The summed E-state index contributed by atoms with van der Waals surface area (Å²) in [5, 5.41) is 3.29. The number of hydrogen-bond donors (Lipinski definition) is 1. The Morgan fingerprint density at radius 2 is 1.72 bits per heavy atom. The molecule has 0 atom stereocenters. The molecule has 1 aliphatic heterocycles. The van der Waals surface area contributed by atoms with Gasteiger partial charge in [-0.3, -0.25) is 4.79 Å². The molecule has 10 heteroatoms. The van der Waals surface area contributed by atoms with E-state index in [4.69, 9.17) is 11.6 Å². The predicted octanol–water partition coefficient (Wildman–Crippen LogP) is 4.66. The van der Waals surface area contributed by atoms with E-state index in [2.05, 4.69) is 10.3 Å². The molecule has 172 valence electrons. The molecule has 0 unspecified atom stereocenters. The van der Waals surface area contributed by atoms with E-state index in [1.807, 2.05) is 0 Å². The van der Waals surface area contributed by atoms with Crippen LogP contribution in [0.2, 0.25) is 5.02 Å². The topological polar surface area (TPSA) is 79.4 Å². The van der Waals surface area contributed by atoms with Crippen molar-refractivity contribution in [1.29, 1.82) is 0 Å². The summed E-state index contributed by atoms with van der Waals surface area (Å²) < 4.78 is 37.4. The summed E-state index contributed by atoms with van der Waals surface area (Å²) in [6.45, 7) is 0.433. The minimum absolute atomic E-state index is 0. The maximum Gasteiger partial charge on any atom is 0.255 e. The number of pyridine rings is 1. The zero-order valence-electron chi connectivity index (χ0n) is 17.3. The third-order valence-electron chi connectivity index (χ3n) is 6.75. The molecule has 3 aliphatic carbocycles. The van der Waals surface area contributed by atoms with Crippen LogP contribution in [0.5, 0.6) is 0 Å². The first-order valence-electron chi connectivity index (χ1n) is 10.6. The average Bonchev–Trinajstić information content (AvgIpc) is 2.77. The van der Waals surface area contributed by atoms with E-state index in [0.29, 0.717) is 23.0 Å². The Bertz CT molecular complexity index is 1150. The first-order chi connectivity index (χ1) is 14.8. The molecule has 6 rings (SSSR count). The van der Waals surface area contributed by atoms with Gasteiger partial charge < -0.3 is 10.2 Å². The fourth-order valence-electron chi connectivity index (χ4n) is 5.13. The number of sulfone groups is 1. The molecule has 6 nitrogen and oxygen atoms in total. The van der Waals surface area contributed by atoms with Crippen LogP contribution in [0.1, 0.15) is 59.0 Å². The number of hydrogen-bond acceptors (Lipinski definition) is 5. The van der Waals surface area contributed by atoms with Gasteiger partial charge in [0.1, 0.15) is 11.6 Å². The molecule has 1 aromatic carbocycles. The number of amides is 1. The SMILES string of the molecule is Cl.O=C(c1cnc(Nc2ccc(Cl)c(F)c2)c2c1C1CCC2CC1)N1CCS(=O)(=O)CC1. The quantitative estimate of drug-likeness (QED) is 0.663. The number of fused-ring (bicyclic) bond motifs is 2. The van der Waals surface area contributed by atoms with Crippen LogP contribution in [0.15, 0.2) is 24.4 Å². The van der Waals surface area contributed by atoms with Gasteiger partial charge in [-0.15, -0.1) is 12.4 Å². The average molecular weight is 500 g/mol. The number of nitrogens with zero attached hydrogens (tertiary/aromatic N) is 2. The highest BCUT2D eigenvalue weighted by Crippen LogP contribution is 2.52. The largest absolute Gasteiger partial charge is 0.340 e. The Labute approximate surface area is 197 Å². The minimum Gasteiger partial charge on any atom is -0.340 e. The van der Waals surface area contributed by atoms with E-state index < -0.39 is 15.7 Å². The van der Waals surface area contributed by atoms with Gasteiger partial charge in [-0.1, -0.05) is 11.6 Å². The van der Waals surface area contributed by atoms with Crippen molar-refractivity contribution in [2.45, 2.75) is 37.5 Å². The van der Waals surface area contributed by atoms with Crippen LogP contribution in [0, 0.1) is 5.82 Å². The fourth-order valence-corrected chi connectivity index (χ4v) is 6.45. The second-order valence-corrected chi connectivity index (χ2v) is 11.3. The van der Waals surface area contributed by atoms with E-state index in [-0.39, 0.29) is 53.8 Å². The van der Waals surface area contributed by atoms with Crippen LogP contribution < -0.4 is 5.32 Å². The van der Waals surface area contributed by atoms with Crippen LogP contribution in [-0.2, 0) is 9.84 Å². The van der Waals surface area contributed by atoms with Crippen LogP contribution in [0.3, 0.4) is 0 Å². The van der Waals surface area contributed by atoms with E-state index >= 15 is 0 Å². The summed E-state index contributed by atoms with van der Waals surface area (Å²) >= 11 is 5.80. The summed E-state index contributed by atoms with van der Waals surface area (Å²) in [4.78, 5) is 19.5. The molecule has 1 saturated heterocycles. The molecule has 1 N–H and O–H groups in total. The molecule has 2 bridgehead atoms. The van der Waals surface area contributed by atoms with Gasteiger partial charge in [0, 0.05) is 30.5 Å². The first-order valence-corrected chi connectivity index (χ1v) is 12.8. The summed E-state index contributed by atoms with van der Waals surface area (Å²) in [7, 11) is -3.06. The number of nitrogens with one attached hydrogen (secondary N) is 1. The van der Waals surface area contributed by atoms with Gasteiger partial charge in [0.05, 0.1) is 22.1 Å². The lowest BCUT2D eigenvalue weighted by atomic mass is 9.66. The molecule has 4 aliphatic rings. The number of carbonyl (C=O) groups excluding carboxylic acids is 1. The van der Waals surface area contributed by atoms with Crippen molar-refractivity contribution >= 4 is 51.3 Å². The van der Waals surface area contributed by atoms with Gasteiger partial charge in [-0.25, -0.2) is 17.8 Å². The monoisotopic (exact) mass is 499 g/mol. The maximum absolute atomic E-state index is 13.9. The fraction of sp³-hybridized carbons (Fsp3) is 0.455. The lowest BCUT2D eigenvalue weighted by Crippen LogP contribution is -2.44. The van der Waals surface area contributed by atoms with Gasteiger partial charge in [0.25, 0.3) is 5.91 Å². The molecule has 32 heavy (non-hydrogen) atoms. The molecule has 2 aromatic rings. The number of aromatic nitrogens is 1. The molecular weight excluding hydrogens is 476 g/mol. The van der Waals surface area contributed by atoms with Crippen molar-refractivity contribution in [1.82, 2.24) is 9.88 Å². The van der Waals surface area contributed by atoms with Crippen LogP contribution >= 0.6 is 24.0 Å². The van der Waals surface area contributed by atoms with E-state index in [1.165, 1.54) is 12.1 Å². The Morgan fingerprint density at radius 3 is 2.34 bits per heavy atom. The van der Waals surface area contributed by atoms with Gasteiger partial charge in [-0.2, -0.15) is 0 Å². The molecule has 1 amide bonds. The summed E-state index contributed by atoms with van der Waals surface area (Å²) in [5.74, 6) is 0.609. The van der Waals surface area contributed by atoms with Crippen molar-refractivity contribution < 1.29 is 17.6 Å². The molecule has 2 heterocycles. The maximum atomic E-state index is 13.9. The highest BCUT2D eigenvalue weighted by molar-refractivity contribution is 7.91. The Morgan fingerprint density at radius 1 is 1.09 bits per heavy atom. The molecule has 1 aromatic heterocycles. The number of benzene rings is 1. The van der Waals surface area contributed by atoms with Gasteiger partial charge in [0.2, 0.25) is 0 Å². The number of halogens is 3. The van der Waals surface area contributed by atoms with Crippen molar-refractivity contribution in [2.75, 3.05) is 29.9 Å². The summed E-state index contributed by atoms with van der Waals surface area (Å²) in [6.07, 6.45) is 5.75. The van der Waals surface area contributed by atoms with Crippen molar-refractivity contribution in [3.63, 3.8) is 0 Å². The molecule has 0 spiro atoms. The number of carbonyl (C=O) groups is 1. The first kappa shape index (κ1) is 23.3. The zero-order valence-corrected chi connectivity index (χ0v) is 19.7. The molecule has 2 fully saturated rings. The van der Waals surface area contributed by atoms with Gasteiger partial charge >= 0.3 is 0 Å². The molecule has 1 saturated carbocycles. The highest BCUT2D eigenvalue weighted by Gasteiger charge is 2.39. The molecular formula is C22H24Cl2FN3O3S. The Balaban J connectivity index is 0.00000245. The van der Waals surface area contributed by atoms with Crippen LogP contribution in [0.4, 0.5) is 15.9 Å². The Kier molecular flexibility index (Phi) is 6.40. The zero-order chi connectivity index (χ0) is 21.8. The number of rotatable bonds is 3. The lowest BCUT2D eigenvalue weighted by molar-refractivity contribution is 0.0767. The third kappa shape index (κ3) is 4.20. The normalized spacial score (nSPS) is 23.2. The van der Waals surface area contributed by atoms with Crippen molar-refractivity contribution in [2.24, 2.45) is 0 Å². The summed E-state index contributed by atoms with van der Waals surface area (Å²) in [5.41, 5.74) is 3.22. The van der Waals surface area contributed by atoms with E-state index in [9.17, 15) is 17.6 Å². The van der Waals surface area contributed by atoms with Gasteiger partial charge in [0.15, 0.2) is 9.84 Å². The van der Waals surface area contributed by atoms with Crippen LogP contribution in [-0.4, -0.2) is 48.8 Å². The van der Waals surface area contributed by atoms with E-state index in [1.54, 1.807) is 17.2 Å². The second-order valence-electron chi connectivity index (χ2n) is 8.59. The van der Waals surface area contributed by atoms with Crippen LogP contribution in [0.25, 0.3) is 0 Å². The third-order valence-corrected chi connectivity index (χ3v) is 8.66. The van der Waals surface area contributed by atoms with E-state index in [0.717, 1.165) is 36.8 Å². The minimum atomic E-state index is -3.06. The number of anilines is 2. The second kappa shape index (κ2) is 8.80. The van der Waals surface area contributed by atoms with Crippen molar-refractivity contribution in [3.8, 4) is 0 Å². The predicted molar refractivity (Wildman–Crippen MR) is 125 cm³/mol. The van der Waals surface area contributed by atoms with Gasteiger partial charge in [-0.05, 0) is 61.3 Å². The lowest BCUT2D eigenvalue weighted by Gasteiger charge is -2.40.